The molecule has 0 N–H and O–H groups in total. The monoisotopic (exact) mass is 498 g/mol. The molecule has 2 aliphatic carbocycles. The molecule has 1 amide bonds. The summed E-state index contributed by atoms with van der Waals surface area (Å²) in [7, 11) is -0.901. The fraction of sp³-hybridized carbons (Fsp3) is 0.417. The summed E-state index contributed by atoms with van der Waals surface area (Å²) in [5.74, 6) is -1.39. The number of anilines is 1. The van der Waals surface area contributed by atoms with E-state index in [1.54, 1.807) is 18.6 Å². The van der Waals surface area contributed by atoms with Gasteiger partial charge in [-0.15, -0.1) is 11.3 Å². The molecule has 0 aliphatic heterocycles. The number of fused-ring (bicyclic) bond motifs is 2. The number of carbonyl (C=O) groups excluding carboxylic acids is 2. The Bertz CT molecular complexity index is 1360. The Hall–Kier alpha value is -2.85. The van der Waals surface area contributed by atoms with Gasteiger partial charge in [-0.2, -0.15) is 5.10 Å². The van der Waals surface area contributed by atoms with Crippen molar-refractivity contribution in [2.24, 2.45) is 7.05 Å². The minimum absolute atomic E-state index is 0.113. The molecular weight excluding hydrogens is 472 g/mol. The number of nitrogens with zero attached hydrogens (tertiary/aromatic N) is 4. The molecule has 0 fully saturated rings. The van der Waals surface area contributed by atoms with E-state index in [2.05, 4.69) is 16.1 Å². The molecule has 0 radical (unpaired) electrons. The lowest BCUT2D eigenvalue weighted by Gasteiger charge is -2.14. The maximum Gasteiger partial charge on any atom is 0.278 e. The third-order valence-electron chi connectivity index (χ3n) is 6.73. The van der Waals surface area contributed by atoms with Crippen LogP contribution in [0, 0.1) is 0 Å². The number of ketones is 1. The van der Waals surface area contributed by atoms with E-state index in [0.717, 1.165) is 44.1 Å². The van der Waals surface area contributed by atoms with Gasteiger partial charge in [-0.1, -0.05) is 6.07 Å². The number of hydrogen-bond donors (Lipinski definition) is 0. The summed E-state index contributed by atoms with van der Waals surface area (Å²) in [6.45, 7) is 0. The van der Waals surface area contributed by atoms with Crippen molar-refractivity contribution in [3.8, 4) is 0 Å². The summed E-state index contributed by atoms with van der Waals surface area (Å²) in [5, 5.41) is 6.04. The number of hydrogen-bond acceptors (Lipinski definition) is 7. The Morgan fingerprint density at radius 3 is 2.38 bits per heavy atom. The second-order valence-electron chi connectivity index (χ2n) is 8.98. The van der Waals surface area contributed by atoms with Crippen molar-refractivity contribution >= 4 is 38.0 Å². The molecule has 0 bridgehead atoms. The number of sulfone groups is 1. The maximum atomic E-state index is 13.1. The van der Waals surface area contributed by atoms with Gasteiger partial charge in [-0.05, 0) is 66.3 Å². The van der Waals surface area contributed by atoms with E-state index in [1.807, 2.05) is 0 Å². The molecule has 1 aromatic carbocycles. The first-order chi connectivity index (χ1) is 16.2. The topological polar surface area (TPSA) is 102 Å². The molecule has 0 atom stereocenters. The molecule has 3 aromatic rings. The summed E-state index contributed by atoms with van der Waals surface area (Å²) in [5.41, 5.74) is 6.32. The van der Waals surface area contributed by atoms with Crippen LogP contribution in [0.15, 0.2) is 28.7 Å². The van der Waals surface area contributed by atoms with Crippen LogP contribution < -0.4 is 4.90 Å². The van der Waals surface area contributed by atoms with Crippen LogP contribution in [0.1, 0.15) is 51.1 Å². The number of aryl methyl sites for hydroxylation is 3. The molecule has 34 heavy (non-hydrogen) atoms. The fourth-order valence-corrected chi connectivity index (χ4v) is 6.93. The van der Waals surface area contributed by atoms with Gasteiger partial charge in [0.15, 0.2) is 15.9 Å². The lowest BCUT2D eigenvalue weighted by Crippen LogP contribution is -2.28. The van der Waals surface area contributed by atoms with E-state index in [1.165, 1.54) is 56.3 Å². The number of Topliss-reactive ketones (excluding diaryl/α,β-unsaturated/α-hetero) is 1. The van der Waals surface area contributed by atoms with E-state index >= 15 is 0 Å². The van der Waals surface area contributed by atoms with Crippen LogP contribution in [-0.4, -0.2) is 47.7 Å². The summed E-state index contributed by atoms with van der Waals surface area (Å²) < 4.78 is 27.3. The van der Waals surface area contributed by atoms with E-state index in [0.29, 0.717) is 5.13 Å². The lowest BCUT2D eigenvalue weighted by atomic mass is 9.91. The van der Waals surface area contributed by atoms with Gasteiger partial charge in [0.1, 0.15) is 11.4 Å². The van der Waals surface area contributed by atoms with Gasteiger partial charge in [0.05, 0.1) is 0 Å². The van der Waals surface area contributed by atoms with Crippen LogP contribution in [0.25, 0.3) is 0 Å². The predicted octanol–water partition coefficient (Wildman–Crippen LogP) is 2.72. The van der Waals surface area contributed by atoms with Gasteiger partial charge in [0, 0.05) is 38.2 Å². The summed E-state index contributed by atoms with van der Waals surface area (Å²) in [6, 6.07) is 3.54. The van der Waals surface area contributed by atoms with Crippen LogP contribution in [0.5, 0.6) is 0 Å². The van der Waals surface area contributed by atoms with Gasteiger partial charge in [0.2, 0.25) is 9.84 Å². The van der Waals surface area contributed by atoms with Crippen LogP contribution in [-0.2, 0) is 53.8 Å². The zero-order valence-electron chi connectivity index (χ0n) is 19.2. The van der Waals surface area contributed by atoms with Gasteiger partial charge in [-0.25, -0.2) is 13.4 Å². The average molecular weight is 499 g/mol. The van der Waals surface area contributed by atoms with Crippen molar-refractivity contribution in [2.75, 3.05) is 17.7 Å². The van der Waals surface area contributed by atoms with Gasteiger partial charge in [0.25, 0.3) is 5.91 Å². The Morgan fingerprint density at radius 1 is 1.09 bits per heavy atom. The third kappa shape index (κ3) is 4.09. The number of thiazole rings is 1. The lowest BCUT2D eigenvalue weighted by molar-refractivity contribution is -0.116. The van der Waals surface area contributed by atoms with Crippen molar-refractivity contribution in [2.45, 2.75) is 50.0 Å². The van der Waals surface area contributed by atoms with Crippen molar-refractivity contribution in [1.29, 1.82) is 0 Å². The summed E-state index contributed by atoms with van der Waals surface area (Å²) >= 11 is 1.30. The van der Waals surface area contributed by atoms with Gasteiger partial charge in [-0.3, -0.25) is 19.2 Å². The summed E-state index contributed by atoms with van der Waals surface area (Å²) in [4.78, 5) is 31.3. The molecular formula is C24H26N4O4S2. The number of amides is 1. The highest BCUT2D eigenvalue weighted by atomic mass is 32.2. The quantitative estimate of drug-likeness (QED) is 0.496. The standard InChI is InChI=1S/C24H26N4O4S2/c1-27(24-25-9-10-33-24)23(30)21-13-22(26-28(21)2)34(31,32)14-17(29)12-20-18-7-3-5-15(18)11-16-6-4-8-19(16)20/h9-11,13H,3-8,12,14H2,1-2H3. The summed E-state index contributed by atoms with van der Waals surface area (Å²) in [6.07, 6.45) is 7.86. The molecule has 0 spiro atoms. The first-order valence-electron chi connectivity index (χ1n) is 11.4. The van der Waals surface area contributed by atoms with Gasteiger partial charge < -0.3 is 0 Å². The molecule has 0 unspecified atom stereocenters. The Labute approximate surface area is 202 Å². The second kappa shape index (κ2) is 8.74. The smallest absolute Gasteiger partial charge is 0.278 e. The number of rotatable bonds is 7. The number of carbonyl (C=O) groups is 2. The maximum absolute atomic E-state index is 13.1. The number of aromatic nitrogens is 3. The molecule has 0 saturated carbocycles. The van der Waals surface area contributed by atoms with Crippen LogP contribution in [0.4, 0.5) is 5.13 Å². The Kier molecular flexibility index (Phi) is 5.89. The second-order valence-corrected chi connectivity index (χ2v) is 11.8. The fourth-order valence-electron chi connectivity index (χ4n) is 5.12. The first-order valence-corrected chi connectivity index (χ1v) is 13.9. The third-order valence-corrected chi connectivity index (χ3v) is 9.12. The molecule has 178 valence electrons. The average Bonchev–Trinajstić information content (AvgIpc) is 3.58. The Balaban J connectivity index is 1.36. The predicted molar refractivity (Wildman–Crippen MR) is 129 cm³/mol. The molecule has 0 saturated heterocycles. The van der Waals surface area contributed by atoms with E-state index in [4.69, 9.17) is 0 Å². The molecule has 8 nitrogen and oxygen atoms in total. The van der Waals surface area contributed by atoms with E-state index < -0.39 is 21.5 Å². The zero-order valence-corrected chi connectivity index (χ0v) is 20.8. The van der Waals surface area contributed by atoms with Crippen molar-refractivity contribution in [3.05, 3.63) is 57.2 Å². The van der Waals surface area contributed by atoms with E-state index in [9.17, 15) is 18.0 Å². The normalized spacial score (nSPS) is 14.8. The molecule has 2 aromatic heterocycles. The largest absolute Gasteiger partial charge is 0.298 e. The molecule has 2 heterocycles. The van der Waals surface area contributed by atoms with Crippen molar-refractivity contribution in [3.63, 3.8) is 0 Å². The Morgan fingerprint density at radius 2 is 1.76 bits per heavy atom. The highest BCUT2D eigenvalue weighted by Gasteiger charge is 2.29. The first kappa shape index (κ1) is 22.9. The van der Waals surface area contributed by atoms with Crippen molar-refractivity contribution in [1.82, 2.24) is 14.8 Å². The number of benzene rings is 1. The van der Waals surface area contributed by atoms with Crippen LogP contribution in [0.2, 0.25) is 0 Å². The molecule has 5 rings (SSSR count). The van der Waals surface area contributed by atoms with Crippen molar-refractivity contribution < 1.29 is 18.0 Å². The van der Waals surface area contributed by atoms with E-state index in [-0.39, 0.29) is 22.9 Å². The molecule has 2 aliphatic rings. The zero-order chi connectivity index (χ0) is 24.0. The van der Waals surface area contributed by atoms with Crippen LogP contribution in [0.3, 0.4) is 0 Å². The highest BCUT2D eigenvalue weighted by molar-refractivity contribution is 7.92. The SMILES string of the molecule is CN(C(=O)c1cc(S(=O)(=O)CC(=O)Cc2c3c(cc4c2CCC4)CCC3)nn1C)c1nccs1. The molecule has 10 heteroatoms. The minimum Gasteiger partial charge on any atom is -0.298 e. The van der Waals surface area contributed by atoms with Gasteiger partial charge >= 0.3 is 0 Å². The minimum atomic E-state index is -3.99. The highest BCUT2D eigenvalue weighted by Crippen LogP contribution is 2.35. The van der Waals surface area contributed by atoms with Crippen LogP contribution >= 0.6 is 11.3 Å².